The zero-order valence-electron chi connectivity index (χ0n) is 15.0. The third kappa shape index (κ3) is 4.98. The highest BCUT2D eigenvalue weighted by Crippen LogP contribution is 2.21. The summed E-state index contributed by atoms with van der Waals surface area (Å²) in [7, 11) is 0. The minimum atomic E-state index is -0.121. The van der Waals surface area contributed by atoms with Gasteiger partial charge in [-0.05, 0) is 45.7 Å². The Morgan fingerprint density at radius 2 is 2.00 bits per heavy atom. The zero-order valence-corrected chi connectivity index (χ0v) is 15.0. The largest absolute Gasteiger partial charge is 0.382 e. The van der Waals surface area contributed by atoms with Crippen LogP contribution in [0.5, 0.6) is 0 Å². The number of nitrogens with two attached hydrogens (primary N) is 2. The number of nitrogen functional groups attached to an aromatic ring is 1. The first-order chi connectivity index (χ1) is 11.8. The van der Waals surface area contributed by atoms with Crippen LogP contribution >= 0.6 is 0 Å². The maximum atomic E-state index is 9.39. The molecule has 25 heavy (non-hydrogen) atoms. The Balaban J connectivity index is 2.06. The molecule has 0 fully saturated rings. The van der Waals surface area contributed by atoms with Gasteiger partial charge >= 0.3 is 0 Å². The maximum absolute atomic E-state index is 9.39. The molecule has 0 unspecified atom stereocenters. The van der Waals surface area contributed by atoms with Crippen molar-refractivity contribution in [1.82, 2.24) is 15.1 Å². The van der Waals surface area contributed by atoms with E-state index in [0.29, 0.717) is 36.0 Å². The van der Waals surface area contributed by atoms with Gasteiger partial charge in [-0.1, -0.05) is 18.2 Å². The molecule has 2 rings (SSSR count). The lowest BCUT2D eigenvalue weighted by molar-refractivity contribution is 0.508. The van der Waals surface area contributed by atoms with Gasteiger partial charge in [0.05, 0.1) is 11.4 Å². The number of nitrogens with zero attached hydrogens (tertiary/aromatic N) is 4. The molecule has 0 spiro atoms. The van der Waals surface area contributed by atoms with Crippen molar-refractivity contribution in [2.75, 3.05) is 12.3 Å². The highest BCUT2D eigenvalue weighted by Gasteiger charge is 2.16. The monoisotopic (exact) mass is 339 g/mol. The number of hydrogen-bond donors (Lipinski definition) is 3. The molecular formula is C18H25N7. The lowest BCUT2D eigenvalue weighted by Gasteiger charge is -2.20. The second-order valence-electron chi connectivity index (χ2n) is 6.81. The molecule has 0 amide bonds. The fraction of sp³-hybridized carbons (Fsp3) is 0.389. The van der Waals surface area contributed by atoms with Crippen LogP contribution in [0.3, 0.4) is 0 Å². The van der Waals surface area contributed by atoms with Crippen LogP contribution in [-0.4, -0.2) is 27.8 Å². The van der Waals surface area contributed by atoms with Crippen molar-refractivity contribution in [2.24, 2.45) is 10.7 Å². The van der Waals surface area contributed by atoms with Crippen LogP contribution in [0.4, 0.5) is 5.82 Å². The quantitative estimate of drug-likeness (QED) is 0.437. The van der Waals surface area contributed by atoms with Crippen LogP contribution < -0.4 is 16.8 Å². The molecular weight excluding hydrogens is 314 g/mol. The smallest absolute Gasteiger partial charge is 0.188 e. The molecule has 0 saturated carbocycles. The number of anilines is 1. The molecule has 0 atom stereocenters. The summed E-state index contributed by atoms with van der Waals surface area (Å²) in [4.78, 5) is 4.30. The Hall–Kier alpha value is -3.01. The maximum Gasteiger partial charge on any atom is 0.188 e. The lowest BCUT2D eigenvalue weighted by atomic mass is 10.1. The van der Waals surface area contributed by atoms with Crippen LogP contribution in [0.15, 0.2) is 35.3 Å². The van der Waals surface area contributed by atoms with E-state index in [1.54, 1.807) is 4.68 Å². The molecule has 0 aliphatic heterocycles. The summed E-state index contributed by atoms with van der Waals surface area (Å²) in [6, 6.07) is 11.7. The van der Waals surface area contributed by atoms with E-state index < -0.39 is 0 Å². The number of aliphatic imine (C=N–C) groups is 1. The summed E-state index contributed by atoms with van der Waals surface area (Å²) >= 11 is 0. The molecule has 0 bridgehead atoms. The SMILES string of the molecule is CC(C)(C)NC(N)=NCCCc1nn(-c2ccccc2)c(N)c1C#N. The van der Waals surface area contributed by atoms with Crippen molar-refractivity contribution < 1.29 is 0 Å². The summed E-state index contributed by atoms with van der Waals surface area (Å²) in [6.07, 6.45) is 1.34. The number of nitrogens with one attached hydrogen (secondary N) is 1. The first-order valence-corrected chi connectivity index (χ1v) is 8.23. The predicted molar refractivity (Wildman–Crippen MR) is 100 cm³/mol. The topological polar surface area (TPSA) is 118 Å². The highest BCUT2D eigenvalue weighted by molar-refractivity contribution is 5.78. The number of aromatic nitrogens is 2. The normalized spacial score (nSPS) is 12.0. The third-order valence-corrected chi connectivity index (χ3v) is 3.46. The number of hydrogen-bond acceptors (Lipinski definition) is 4. The van der Waals surface area contributed by atoms with Gasteiger partial charge in [0.25, 0.3) is 0 Å². The molecule has 1 aromatic carbocycles. The number of aryl methyl sites for hydroxylation is 1. The fourth-order valence-corrected chi connectivity index (χ4v) is 2.41. The van der Waals surface area contributed by atoms with E-state index in [1.807, 2.05) is 51.1 Å². The van der Waals surface area contributed by atoms with E-state index in [9.17, 15) is 5.26 Å². The molecule has 0 saturated heterocycles. The molecule has 5 N–H and O–H groups in total. The van der Waals surface area contributed by atoms with E-state index in [-0.39, 0.29) is 5.54 Å². The van der Waals surface area contributed by atoms with Crippen LogP contribution in [0.2, 0.25) is 0 Å². The van der Waals surface area contributed by atoms with E-state index in [2.05, 4.69) is 21.5 Å². The highest BCUT2D eigenvalue weighted by atomic mass is 15.3. The van der Waals surface area contributed by atoms with Gasteiger partial charge in [0.2, 0.25) is 0 Å². The second-order valence-corrected chi connectivity index (χ2v) is 6.81. The summed E-state index contributed by atoms with van der Waals surface area (Å²) in [5.41, 5.74) is 13.8. The molecule has 2 aromatic rings. The molecule has 7 nitrogen and oxygen atoms in total. The summed E-state index contributed by atoms with van der Waals surface area (Å²) in [5, 5.41) is 17.0. The van der Waals surface area contributed by atoms with Gasteiger partial charge < -0.3 is 16.8 Å². The zero-order chi connectivity index (χ0) is 18.4. The molecule has 1 aromatic heterocycles. The molecule has 0 aliphatic rings. The summed E-state index contributed by atoms with van der Waals surface area (Å²) < 4.78 is 1.60. The lowest BCUT2D eigenvalue weighted by Crippen LogP contribution is -2.45. The van der Waals surface area contributed by atoms with Gasteiger partial charge in [0, 0.05) is 12.1 Å². The van der Waals surface area contributed by atoms with Crippen molar-refractivity contribution in [3.63, 3.8) is 0 Å². The Morgan fingerprint density at radius 3 is 2.60 bits per heavy atom. The average molecular weight is 339 g/mol. The van der Waals surface area contributed by atoms with Crippen LogP contribution in [-0.2, 0) is 6.42 Å². The number of rotatable bonds is 5. The van der Waals surface area contributed by atoms with Crippen molar-refractivity contribution in [2.45, 2.75) is 39.2 Å². The van der Waals surface area contributed by atoms with Crippen LogP contribution in [0, 0.1) is 11.3 Å². The summed E-state index contributed by atoms with van der Waals surface area (Å²) in [5.74, 6) is 0.781. The van der Waals surface area contributed by atoms with Crippen LogP contribution in [0.1, 0.15) is 38.4 Å². The third-order valence-electron chi connectivity index (χ3n) is 3.46. The first kappa shape index (κ1) is 18.3. The standard InChI is InChI=1S/C18H25N7/c1-18(2,3)23-17(21)22-11-7-10-15-14(12-19)16(20)25(24-15)13-8-5-4-6-9-13/h4-6,8-9H,7,10-11,20H2,1-3H3,(H3,21,22,23). The van der Waals surface area contributed by atoms with Crippen molar-refractivity contribution >= 4 is 11.8 Å². The molecule has 0 radical (unpaired) electrons. The average Bonchev–Trinajstić information content (AvgIpc) is 2.86. The molecule has 7 heteroatoms. The van der Waals surface area contributed by atoms with Gasteiger partial charge in [-0.3, -0.25) is 4.99 Å². The summed E-state index contributed by atoms with van der Waals surface area (Å²) in [6.45, 7) is 6.62. The van der Waals surface area contributed by atoms with Crippen molar-refractivity contribution in [3.8, 4) is 11.8 Å². The number of nitriles is 1. The number of para-hydroxylation sites is 1. The molecule has 0 aliphatic carbocycles. The Kier molecular flexibility index (Phi) is 5.65. The minimum Gasteiger partial charge on any atom is -0.382 e. The molecule has 132 valence electrons. The Morgan fingerprint density at radius 1 is 1.32 bits per heavy atom. The van der Waals surface area contributed by atoms with Gasteiger partial charge in [0.15, 0.2) is 5.96 Å². The fourth-order valence-electron chi connectivity index (χ4n) is 2.41. The van der Waals surface area contributed by atoms with Crippen molar-refractivity contribution in [3.05, 3.63) is 41.6 Å². The number of benzene rings is 1. The van der Waals surface area contributed by atoms with E-state index >= 15 is 0 Å². The predicted octanol–water partition coefficient (Wildman–Crippen LogP) is 1.96. The van der Waals surface area contributed by atoms with Gasteiger partial charge in [0.1, 0.15) is 17.5 Å². The van der Waals surface area contributed by atoms with E-state index in [1.165, 1.54) is 0 Å². The molecule has 1 heterocycles. The second kappa shape index (κ2) is 7.71. The van der Waals surface area contributed by atoms with E-state index in [0.717, 1.165) is 12.1 Å². The van der Waals surface area contributed by atoms with Gasteiger partial charge in [-0.15, -0.1) is 0 Å². The number of guanidine groups is 1. The van der Waals surface area contributed by atoms with Gasteiger partial charge in [-0.25, -0.2) is 4.68 Å². The van der Waals surface area contributed by atoms with Crippen LogP contribution in [0.25, 0.3) is 5.69 Å². The van der Waals surface area contributed by atoms with E-state index in [4.69, 9.17) is 11.5 Å². The van der Waals surface area contributed by atoms with Gasteiger partial charge in [-0.2, -0.15) is 10.4 Å². The minimum absolute atomic E-state index is 0.121. The Bertz CT molecular complexity index is 776. The van der Waals surface area contributed by atoms with Crippen molar-refractivity contribution in [1.29, 1.82) is 5.26 Å². The Labute approximate surface area is 148 Å². The first-order valence-electron chi connectivity index (χ1n) is 8.23.